The smallest absolute Gasteiger partial charge is 0.222 e. The molecule has 1 heterocycles. The van der Waals surface area contributed by atoms with Gasteiger partial charge in [-0.15, -0.1) is 0 Å². The van der Waals surface area contributed by atoms with Crippen molar-refractivity contribution in [3.05, 3.63) is 29.8 Å². The minimum absolute atomic E-state index is 0.225. The lowest BCUT2D eigenvalue weighted by Gasteiger charge is -2.31. The molecule has 1 saturated heterocycles. The number of piperidine rings is 1. The summed E-state index contributed by atoms with van der Waals surface area (Å²) in [7, 11) is 0. The van der Waals surface area contributed by atoms with Crippen molar-refractivity contribution < 1.29 is 9.53 Å². The van der Waals surface area contributed by atoms with Crippen molar-refractivity contribution in [2.75, 3.05) is 25.4 Å². The van der Waals surface area contributed by atoms with E-state index in [1.807, 2.05) is 36.1 Å². The lowest BCUT2D eigenvalue weighted by molar-refractivity contribution is -0.133. The second-order valence-corrected chi connectivity index (χ2v) is 5.23. The average molecular weight is 276 g/mol. The van der Waals surface area contributed by atoms with Gasteiger partial charge in [-0.05, 0) is 37.8 Å². The maximum Gasteiger partial charge on any atom is 0.222 e. The number of anilines is 1. The maximum absolute atomic E-state index is 12.2. The Kier molecular flexibility index (Phi) is 5.41. The molecule has 0 spiro atoms. The summed E-state index contributed by atoms with van der Waals surface area (Å²) in [5, 5.41) is 0. The van der Waals surface area contributed by atoms with Crippen LogP contribution in [0.5, 0.6) is 0 Å². The molecule has 1 aromatic rings. The number of hydrogen-bond donors (Lipinski definition) is 1. The number of hydrogen-bond acceptors (Lipinski definition) is 3. The second-order valence-electron chi connectivity index (χ2n) is 5.23. The molecule has 2 rings (SSSR count). The molecule has 0 unspecified atom stereocenters. The first kappa shape index (κ1) is 14.9. The fourth-order valence-electron chi connectivity index (χ4n) is 2.67. The highest BCUT2D eigenvalue weighted by atomic mass is 16.5. The van der Waals surface area contributed by atoms with Crippen LogP contribution in [0.1, 0.15) is 31.7 Å². The Labute approximate surface area is 120 Å². The first-order valence-electron chi connectivity index (χ1n) is 7.43. The molecule has 1 amide bonds. The van der Waals surface area contributed by atoms with Crippen LogP contribution in [0.15, 0.2) is 24.3 Å². The van der Waals surface area contributed by atoms with Crippen LogP contribution in [0.25, 0.3) is 0 Å². The molecule has 1 fully saturated rings. The third kappa shape index (κ3) is 3.97. The van der Waals surface area contributed by atoms with Crippen LogP contribution in [-0.2, 0) is 16.0 Å². The highest BCUT2D eigenvalue weighted by Gasteiger charge is 2.22. The van der Waals surface area contributed by atoms with Gasteiger partial charge in [-0.25, -0.2) is 0 Å². The molecule has 0 atom stereocenters. The Balaban J connectivity index is 1.77. The van der Waals surface area contributed by atoms with Crippen LogP contribution in [0.4, 0.5) is 5.69 Å². The molecule has 0 aromatic heterocycles. The summed E-state index contributed by atoms with van der Waals surface area (Å²) < 4.78 is 5.60. The van der Waals surface area contributed by atoms with Crippen LogP contribution >= 0.6 is 0 Å². The zero-order valence-electron chi connectivity index (χ0n) is 12.2. The summed E-state index contributed by atoms with van der Waals surface area (Å²) in [5.41, 5.74) is 7.73. The molecule has 0 radical (unpaired) electrons. The van der Waals surface area contributed by atoms with Gasteiger partial charge in [-0.3, -0.25) is 4.79 Å². The molecule has 110 valence electrons. The summed E-state index contributed by atoms with van der Waals surface area (Å²) in [4.78, 5) is 14.1. The van der Waals surface area contributed by atoms with E-state index in [0.29, 0.717) is 12.5 Å². The predicted octanol–water partition coefficient (Wildman–Crippen LogP) is 2.23. The van der Waals surface area contributed by atoms with Crippen molar-refractivity contribution in [2.45, 2.75) is 38.7 Å². The summed E-state index contributed by atoms with van der Waals surface area (Å²) in [6, 6.07) is 7.75. The van der Waals surface area contributed by atoms with Gasteiger partial charge in [0.15, 0.2) is 0 Å². The highest BCUT2D eigenvalue weighted by Crippen LogP contribution is 2.17. The number of carbonyl (C=O) groups is 1. The number of likely N-dealkylation sites (tertiary alicyclic amines) is 1. The van der Waals surface area contributed by atoms with Gasteiger partial charge in [-0.2, -0.15) is 0 Å². The van der Waals surface area contributed by atoms with E-state index in [2.05, 4.69) is 0 Å². The molecule has 1 aliphatic rings. The molecule has 1 aliphatic heterocycles. The average Bonchev–Trinajstić information content (AvgIpc) is 2.47. The third-order valence-corrected chi connectivity index (χ3v) is 3.86. The van der Waals surface area contributed by atoms with Gasteiger partial charge in [0, 0.05) is 31.8 Å². The largest absolute Gasteiger partial charge is 0.399 e. The van der Waals surface area contributed by atoms with E-state index in [1.54, 1.807) is 0 Å². The van der Waals surface area contributed by atoms with Gasteiger partial charge >= 0.3 is 0 Å². The highest BCUT2D eigenvalue weighted by molar-refractivity contribution is 5.76. The number of benzene rings is 1. The fourth-order valence-corrected chi connectivity index (χ4v) is 2.67. The standard InChI is InChI=1S/C16H24N2O2/c1-2-20-14-9-11-18(12-10-14)16(19)8-7-13-5-3-4-6-15(13)17/h3-6,14H,2,7-12,17H2,1H3. The lowest BCUT2D eigenvalue weighted by atomic mass is 10.0. The van der Waals surface area contributed by atoms with Crippen molar-refractivity contribution in [3.8, 4) is 0 Å². The van der Waals surface area contributed by atoms with Gasteiger partial charge in [0.25, 0.3) is 0 Å². The fraction of sp³-hybridized carbons (Fsp3) is 0.562. The van der Waals surface area contributed by atoms with Crippen molar-refractivity contribution in [2.24, 2.45) is 0 Å². The summed E-state index contributed by atoms with van der Waals surface area (Å²) in [6.45, 7) is 4.40. The Bertz CT molecular complexity index is 440. The topological polar surface area (TPSA) is 55.6 Å². The first-order chi connectivity index (χ1) is 9.70. The summed E-state index contributed by atoms with van der Waals surface area (Å²) in [5.74, 6) is 0.225. The van der Waals surface area contributed by atoms with Crippen molar-refractivity contribution in [1.29, 1.82) is 0 Å². The van der Waals surface area contributed by atoms with E-state index < -0.39 is 0 Å². The van der Waals surface area contributed by atoms with Gasteiger partial charge in [0.05, 0.1) is 6.10 Å². The minimum Gasteiger partial charge on any atom is -0.399 e. The van der Waals surface area contributed by atoms with Crippen molar-refractivity contribution in [1.82, 2.24) is 4.90 Å². The zero-order valence-corrected chi connectivity index (χ0v) is 12.2. The quantitative estimate of drug-likeness (QED) is 0.839. The number of carbonyl (C=O) groups excluding carboxylic acids is 1. The first-order valence-corrected chi connectivity index (χ1v) is 7.43. The number of nitrogens with two attached hydrogens (primary N) is 1. The van der Waals surface area contributed by atoms with Crippen LogP contribution in [0.3, 0.4) is 0 Å². The summed E-state index contributed by atoms with van der Waals surface area (Å²) in [6.07, 6.45) is 3.48. The summed E-state index contributed by atoms with van der Waals surface area (Å²) >= 11 is 0. The molecule has 0 bridgehead atoms. The molecule has 4 heteroatoms. The van der Waals surface area contributed by atoms with Gasteiger partial charge in [0.2, 0.25) is 5.91 Å². The monoisotopic (exact) mass is 276 g/mol. The predicted molar refractivity (Wildman–Crippen MR) is 80.4 cm³/mol. The van der Waals surface area contributed by atoms with Gasteiger partial charge in [-0.1, -0.05) is 18.2 Å². The Hall–Kier alpha value is -1.55. The third-order valence-electron chi connectivity index (χ3n) is 3.86. The Morgan fingerprint density at radius 3 is 2.70 bits per heavy atom. The molecule has 4 nitrogen and oxygen atoms in total. The number of amides is 1. The number of para-hydroxylation sites is 1. The second kappa shape index (κ2) is 7.29. The van der Waals surface area contributed by atoms with Crippen LogP contribution in [0.2, 0.25) is 0 Å². The van der Waals surface area contributed by atoms with E-state index >= 15 is 0 Å². The number of rotatable bonds is 5. The number of nitrogens with zero attached hydrogens (tertiary/aromatic N) is 1. The Morgan fingerprint density at radius 1 is 1.35 bits per heavy atom. The lowest BCUT2D eigenvalue weighted by Crippen LogP contribution is -2.41. The van der Waals surface area contributed by atoms with E-state index in [9.17, 15) is 4.79 Å². The molecule has 1 aromatic carbocycles. The number of ether oxygens (including phenoxy) is 1. The van der Waals surface area contributed by atoms with Gasteiger partial charge in [0.1, 0.15) is 0 Å². The van der Waals surface area contributed by atoms with Crippen molar-refractivity contribution >= 4 is 11.6 Å². The van der Waals surface area contributed by atoms with Crippen LogP contribution in [0, 0.1) is 0 Å². The Morgan fingerprint density at radius 2 is 2.05 bits per heavy atom. The zero-order chi connectivity index (χ0) is 14.4. The molecule has 2 N–H and O–H groups in total. The van der Waals surface area contributed by atoms with Crippen LogP contribution < -0.4 is 5.73 Å². The number of nitrogen functional groups attached to an aromatic ring is 1. The SMILES string of the molecule is CCOC1CCN(C(=O)CCc2ccccc2N)CC1. The van der Waals surface area contributed by atoms with E-state index in [1.165, 1.54) is 0 Å². The molecular formula is C16H24N2O2. The van der Waals surface area contributed by atoms with E-state index in [4.69, 9.17) is 10.5 Å². The van der Waals surface area contributed by atoms with Gasteiger partial charge < -0.3 is 15.4 Å². The molecule has 20 heavy (non-hydrogen) atoms. The molecular weight excluding hydrogens is 252 g/mol. The molecule has 0 saturated carbocycles. The normalized spacial score (nSPS) is 16.4. The van der Waals surface area contributed by atoms with Crippen LogP contribution in [-0.4, -0.2) is 36.6 Å². The van der Waals surface area contributed by atoms with E-state index in [0.717, 1.165) is 50.2 Å². The molecule has 0 aliphatic carbocycles. The minimum atomic E-state index is 0.225. The van der Waals surface area contributed by atoms with Crippen molar-refractivity contribution in [3.63, 3.8) is 0 Å². The number of aryl methyl sites for hydroxylation is 1. The van der Waals surface area contributed by atoms with E-state index in [-0.39, 0.29) is 5.91 Å². The maximum atomic E-state index is 12.2.